The van der Waals surface area contributed by atoms with Gasteiger partial charge >= 0.3 is 6.01 Å². The van der Waals surface area contributed by atoms with Crippen LogP contribution in [0.1, 0.15) is 40.0 Å². The maximum Gasteiger partial charge on any atom is 0.337 e. The zero-order valence-corrected chi connectivity index (χ0v) is 11.1. The number of carbonyl (C=O) groups is 1. The van der Waals surface area contributed by atoms with Crippen molar-refractivity contribution < 1.29 is 9.53 Å². The molecule has 1 amide bonds. The number of nitrogens with one attached hydrogen (secondary N) is 2. The van der Waals surface area contributed by atoms with Crippen molar-refractivity contribution in [3.63, 3.8) is 0 Å². The summed E-state index contributed by atoms with van der Waals surface area (Å²) < 4.78 is 5.13. The highest BCUT2D eigenvalue weighted by Gasteiger charge is 2.39. The van der Waals surface area contributed by atoms with Gasteiger partial charge in [0.25, 0.3) is 0 Å². The Bertz CT molecular complexity index is 427. The van der Waals surface area contributed by atoms with Gasteiger partial charge in [0.15, 0.2) is 0 Å². The van der Waals surface area contributed by atoms with Crippen molar-refractivity contribution in [2.45, 2.75) is 40.0 Å². The fraction of sp³-hybridized carbons (Fsp3) is 0.750. The number of hydrogen-bond acceptors (Lipinski definition) is 4. The Kier molecular flexibility index (Phi) is 3.54. The summed E-state index contributed by atoms with van der Waals surface area (Å²) in [4.78, 5) is 16.2. The number of amides is 1. The van der Waals surface area contributed by atoms with Crippen LogP contribution in [0.2, 0.25) is 0 Å². The Hall–Kier alpha value is -1.59. The maximum atomic E-state index is 12.2. The summed E-state index contributed by atoms with van der Waals surface area (Å²) >= 11 is 0. The number of aromatic amines is 1. The monoisotopic (exact) mass is 252 g/mol. The lowest BCUT2D eigenvalue weighted by atomic mass is 9.81. The summed E-state index contributed by atoms with van der Waals surface area (Å²) in [5.41, 5.74) is 0.0624. The van der Waals surface area contributed by atoms with E-state index < -0.39 is 0 Å². The van der Waals surface area contributed by atoms with Gasteiger partial charge in [-0.3, -0.25) is 10.1 Å². The first-order valence-electron chi connectivity index (χ1n) is 6.39. The molecule has 2 rings (SSSR count). The maximum absolute atomic E-state index is 12.2. The largest absolute Gasteiger partial charge is 0.463 e. The second-order valence-corrected chi connectivity index (χ2v) is 5.32. The van der Waals surface area contributed by atoms with Crippen LogP contribution in [0.4, 0.5) is 5.95 Å². The third-order valence-corrected chi connectivity index (χ3v) is 3.55. The second-order valence-electron chi connectivity index (χ2n) is 5.32. The third-order valence-electron chi connectivity index (χ3n) is 3.55. The molecule has 1 heterocycles. The fourth-order valence-electron chi connectivity index (χ4n) is 2.51. The Morgan fingerprint density at radius 3 is 3.00 bits per heavy atom. The SMILES string of the molecule is CCOc1n[nH]c(NC(=O)C2CCCC2(C)C)n1. The molecule has 18 heavy (non-hydrogen) atoms. The van der Waals surface area contributed by atoms with Crippen molar-refractivity contribution >= 4 is 11.9 Å². The van der Waals surface area contributed by atoms with Crippen molar-refractivity contribution in [1.82, 2.24) is 15.2 Å². The molecule has 1 saturated carbocycles. The van der Waals surface area contributed by atoms with E-state index >= 15 is 0 Å². The molecule has 0 bridgehead atoms. The molecule has 1 atom stereocenters. The van der Waals surface area contributed by atoms with Crippen LogP contribution in [-0.4, -0.2) is 27.7 Å². The zero-order valence-electron chi connectivity index (χ0n) is 11.1. The number of carbonyl (C=O) groups excluding carboxylic acids is 1. The van der Waals surface area contributed by atoms with Crippen LogP contribution in [0.25, 0.3) is 0 Å². The summed E-state index contributed by atoms with van der Waals surface area (Å²) in [5.74, 6) is 0.404. The average molecular weight is 252 g/mol. The number of rotatable bonds is 4. The van der Waals surface area contributed by atoms with Gasteiger partial charge in [-0.25, -0.2) is 5.10 Å². The van der Waals surface area contributed by atoms with E-state index in [0.717, 1.165) is 19.3 Å². The number of nitrogens with zero attached hydrogens (tertiary/aromatic N) is 2. The minimum Gasteiger partial charge on any atom is -0.463 e. The highest BCUT2D eigenvalue weighted by atomic mass is 16.5. The van der Waals surface area contributed by atoms with Crippen LogP contribution in [-0.2, 0) is 4.79 Å². The zero-order chi connectivity index (χ0) is 13.2. The van der Waals surface area contributed by atoms with E-state index in [1.165, 1.54) is 0 Å². The Balaban J connectivity index is 1.98. The van der Waals surface area contributed by atoms with Crippen LogP contribution in [0.3, 0.4) is 0 Å². The van der Waals surface area contributed by atoms with Gasteiger partial charge in [0.2, 0.25) is 11.9 Å². The van der Waals surface area contributed by atoms with E-state index in [9.17, 15) is 4.79 Å². The summed E-state index contributed by atoms with van der Waals surface area (Å²) in [7, 11) is 0. The summed E-state index contributed by atoms with van der Waals surface area (Å²) in [6.45, 7) is 6.63. The lowest BCUT2D eigenvalue weighted by molar-refractivity contribution is -0.122. The van der Waals surface area contributed by atoms with Gasteiger partial charge in [0.1, 0.15) is 0 Å². The lowest BCUT2D eigenvalue weighted by Gasteiger charge is -2.25. The van der Waals surface area contributed by atoms with Crippen molar-refractivity contribution in [3.05, 3.63) is 0 Å². The number of ether oxygens (including phenoxy) is 1. The molecule has 0 aromatic carbocycles. The molecular formula is C12H20N4O2. The van der Waals surface area contributed by atoms with E-state index in [1.54, 1.807) is 0 Å². The van der Waals surface area contributed by atoms with Gasteiger partial charge in [0.05, 0.1) is 6.61 Å². The van der Waals surface area contributed by atoms with Crippen molar-refractivity contribution in [3.8, 4) is 6.01 Å². The minimum atomic E-state index is 0.0108. The number of aromatic nitrogens is 3. The van der Waals surface area contributed by atoms with E-state index in [-0.39, 0.29) is 23.3 Å². The van der Waals surface area contributed by atoms with E-state index in [0.29, 0.717) is 12.6 Å². The molecule has 6 nitrogen and oxygen atoms in total. The molecule has 1 fully saturated rings. The molecule has 1 aliphatic carbocycles. The first-order valence-corrected chi connectivity index (χ1v) is 6.39. The topological polar surface area (TPSA) is 79.9 Å². The molecule has 2 N–H and O–H groups in total. The normalized spacial score (nSPS) is 21.8. The molecule has 0 spiro atoms. The predicted octanol–water partition coefficient (Wildman–Crippen LogP) is 1.97. The summed E-state index contributed by atoms with van der Waals surface area (Å²) in [6.07, 6.45) is 3.13. The molecule has 1 aromatic rings. The molecule has 0 saturated heterocycles. The first-order chi connectivity index (χ1) is 8.53. The second kappa shape index (κ2) is 4.96. The van der Waals surface area contributed by atoms with Gasteiger partial charge in [0, 0.05) is 5.92 Å². The molecule has 1 unspecified atom stereocenters. The quantitative estimate of drug-likeness (QED) is 0.858. The Labute approximate surface area is 107 Å². The third kappa shape index (κ3) is 2.63. The molecule has 0 aliphatic heterocycles. The minimum absolute atomic E-state index is 0.0108. The van der Waals surface area contributed by atoms with Crippen molar-refractivity contribution in [2.24, 2.45) is 11.3 Å². The van der Waals surface area contributed by atoms with Crippen molar-refractivity contribution in [2.75, 3.05) is 11.9 Å². The lowest BCUT2D eigenvalue weighted by Crippen LogP contribution is -2.31. The van der Waals surface area contributed by atoms with Gasteiger partial charge in [-0.1, -0.05) is 20.3 Å². The molecule has 1 aliphatic rings. The van der Waals surface area contributed by atoms with Crippen molar-refractivity contribution in [1.29, 1.82) is 0 Å². The van der Waals surface area contributed by atoms with Crippen LogP contribution in [0.15, 0.2) is 0 Å². The molecule has 1 aromatic heterocycles. The predicted molar refractivity (Wildman–Crippen MR) is 67.3 cm³/mol. The highest BCUT2D eigenvalue weighted by molar-refractivity contribution is 5.91. The van der Waals surface area contributed by atoms with Crippen LogP contribution in [0.5, 0.6) is 6.01 Å². The van der Waals surface area contributed by atoms with E-state index in [4.69, 9.17) is 4.74 Å². The van der Waals surface area contributed by atoms with Gasteiger partial charge in [-0.05, 0) is 25.2 Å². The number of hydrogen-bond donors (Lipinski definition) is 2. The molecular weight excluding hydrogens is 232 g/mol. The van der Waals surface area contributed by atoms with Crippen LogP contribution in [0, 0.1) is 11.3 Å². The molecule has 0 radical (unpaired) electrons. The Morgan fingerprint density at radius 2 is 2.39 bits per heavy atom. The average Bonchev–Trinajstić information content (AvgIpc) is 2.85. The van der Waals surface area contributed by atoms with Crippen LogP contribution < -0.4 is 10.1 Å². The van der Waals surface area contributed by atoms with Gasteiger partial charge in [-0.2, -0.15) is 4.98 Å². The van der Waals surface area contributed by atoms with Gasteiger partial charge in [-0.15, -0.1) is 5.10 Å². The Morgan fingerprint density at radius 1 is 1.61 bits per heavy atom. The number of anilines is 1. The smallest absolute Gasteiger partial charge is 0.337 e. The standard InChI is InChI=1S/C12H20N4O2/c1-4-18-11-14-10(15-16-11)13-9(17)8-6-5-7-12(8,2)3/h8H,4-7H2,1-3H3,(H2,13,14,15,16,17). The molecule has 6 heteroatoms. The first kappa shape index (κ1) is 12.9. The summed E-state index contributed by atoms with van der Waals surface area (Å²) in [5, 5.41) is 9.27. The van der Waals surface area contributed by atoms with Crippen LogP contribution >= 0.6 is 0 Å². The van der Waals surface area contributed by atoms with E-state index in [2.05, 4.69) is 34.3 Å². The summed E-state index contributed by atoms with van der Waals surface area (Å²) in [6, 6.07) is 0.262. The number of H-pyrrole nitrogens is 1. The van der Waals surface area contributed by atoms with Gasteiger partial charge < -0.3 is 4.74 Å². The molecule has 100 valence electrons. The fourth-order valence-corrected chi connectivity index (χ4v) is 2.51. The highest BCUT2D eigenvalue weighted by Crippen LogP contribution is 2.42. The van der Waals surface area contributed by atoms with E-state index in [1.807, 2.05) is 6.92 Å².